The van der Waals surface area contributed by atoms with Crippen LogP contribution in [0, 0.1) is 0 Å². The van der Waals surface area contributed by atoms with Gasteiger partial charge in [-0.05, 0) is 54.4 Å². The Balaban J connectivity index is 2.22. The molecule has 0 bridgehead atoms. The van der Waals surface area contributed by atoms with Crippen molar-refractivity contribution in [3.63, 3.8) is 0 Å². The van der Waals surface area contributed by atoms with Gasteiger partial charge in [0.2, 0.25) is 0 Å². The number of carbonyl (C=O) groups excluding carboxylic acids is 1. The van der Waals surface area contributed by atoms with Gasteiger partial charge < -0.3 is 19.1 Å². The standard InChI is InChI=1S/C23H33NO4/c1-5-17-16(7-8-21(26)28-6-2)13-19(15(3)4)23-22(17)18-9-12-27-14-20(18)24(23)10-11-25/h13,15,25H,5-12,14H2,1-4H3. The van der Waals surface area contributed by atoms with Gasteiger partial charge in [0, 0.05) is 24.0 Å². The third kappa shape index (κ3) is 3.83. The smallest absolute Gasteiger partial charge is 0.306 e. The van der Waals surface area contributed by atoms with Gasteiger partial charge in [-0.3, -0.25) is 4.79 Å². The molecule has 0 unspecified atom stereocenters. The molecule has 0 amide bonds. The van der Waals surface area contributed by atoms with Crippen molar-refractivity contribution < 1.29 is 19.4 Å². The largest absolute Gasteiger partial charge is 0.466 e. The molecule has 5 nitrogen and oxygen atoms in total. The molecule has 0 atom stereocenters. The minimum absolute atomic E-state index is 0.111. The van der Waals surface area contributed by atoms with E-state index in [1.54, 1.807) is 0 Å². The summed E-state index contributed by atoms with van der Waals surface area (Å²) in [6, 6.07) is 2.28. The number of rotatable bonds is 8. The number of esters is 1. The summed E-state index contributed by atoms with van der Waals surface area (Å²) in [6.45, 7) is 10.9. The molecular formula is C23H33NO4. The summed E-state index contributed by atoms with van der Waals surface area (Å²) in [6.07, 6.45) is 2.93. The lowest BCUT2D eigenvalue weighted by Crippen LogP contribution is -2.14. The normalized spacial score (nSPS) is 13.9. The van der Waals surface area contributed by atoms with Crippen LogP contribution in [0.3, 0.4) is 0 Å². The maximum atomic E-state index is 11.9. The summed E-state index contributed by atoms with van der Waals surface area (Å²) in [5.74, 6) is 0.216. The molecule has 1 aliphatic rings. The zero-order chi connectivity index (χ0) is 20.3. The van der Waals surface area contributed by atoms with Crippen LogP contribution in [0.2, 0.25) is 0 Å². The van der Waals surface area contributed by atoms with E-state index >= 15 is 0 Å². The van der Waals surface area contributed by atoms with E-state index < -0.39 is 0 Å². The van der Waals surface area contributed by atoms with Gasteiger partial charge in [-0.15, -0.1) is 0 Å². The summed E-state index contributed by atoms with van der Waals surface area (Å²) in [5, 5.41) is 11.0. The second-order valence-electron chi connectivity index (χ2n) is 7.74. The summed E-state index contributed by atoms with van der Waals surface area (Å²) in [4.78, 5) is 11.9. The Bertz CT molecular complexity index is 850. The number of hydrogen-bond donors (Lipinski definition) is 1. The van der Waals surface area contributed by atoms with Crippen LogP contribution in [0.4, 0.5) is 0 Å². The van der Waals surface area contributed by atoms with Crippen molar-refractivity contribution in [2.45, 2.75) is 72.4 Å². The van der Waals surface area contributed by atoms with E-state index in [1.807, 2.05) is 6.92 Å². The Kier molecular flexibility index (Phi) is 6.78. The maximum absolute atomic E-state index is 11.9. The number of benzene rings is 1. The fourth-order valence-electron chi connectivity index (χ4n) is 4.51. The highest BCUT2D eigenvalue weighted by molar-refractivity contribution is 5.93. The summed E-state index contributed by atoms with van der Waals surface area (Å²) in [5.41, 5.74) is 7.69. The number of aromatic nitrogens is 1. The van der Waals surface area contributed by atoms with Crippen molar-refractivity contribution in [3.05, 3.63) is 34.0 Å². The molecular weight excluding hydrogens is 354 g/mol. The molecule has 0 radical (unpaired) electrons. The molecule has 5 heteroatoms. The molecule has 1 aliphatic heterocycles. The van der Waals surface area contributed by atoms with E-state index in [9.17, 15) is 9.90 Å². The molecule has 0 saturated heterocycles. The molecule has 28 heavy (non-hydrogen) atoms. The number of fused-ring (bicyclic) bond motifs is 3. The number of aliphatic hydroxyl groups is 1. The zero-order valence-corrected chi connectivity index (χ0v) is 17.6. The predicted molar refractivity (Wildman–Crippen MR) is 111 cm³/mol. The first-order chi connectivity index (χ1) is 13.5. The second-order valence-corrected chi connectivity index (χ2v) is 7.74. The van der Waals surface area contributed by atoms with Gasteiger partial charge in [0.15, 0.2) is 0 Å². The monoisotopic (exact) mass is 387 g/mol. The highest BCUT2D eigenvalue weighted by atomic mass is 16.5. The topological polar surface area (TPSA) is 60.7 Å². The second kappa shape index (κ2) is 9.10. The molecule has 1 N–H and O–H groups in total. The van der Waals surface area contributed by atoms with Crippen molar-refractivity contribution in [1.82, 2.24) is 4.57 Å². The predicted octanol–water partition coefficient (Wildman–Crippen LogP) is 3.89. The number of aliphatic hydroxyl groups excluding tert-OH is 1. The Labute approximate surface area is 167 Å². The molecule has 154 valence electrons. The van der Waals surface area contributed by atoms with E-state index in [-0.39, 0.29) is 12.6 Å². The summed E-state index contributed by atoms with van der Waals surface area (Å²) in [7, 11) is 0. The van der Waals surface area contributed by atoms with Crippen LogP contribution >= 0.6 is 0 Å². The van der Waals surface area contributed by atoms with E-state index in [4.69, 9.17) is 9.47 Å². The molecule has 2 aromatic rings. The highest BCUT2D eigenvalue weighted by Gasteiger charge is 2.26. The SMILES string of the molecule is CCOC(=O)CCc1cc(C(C)C)c2c(c1CC)c1c(n2CCO)COCC1. The Morgan fingerprint density at radius 1 is 1.36 bits per heavy atom. The Morgan fingerprint density at radius 2 is 2.14 bits per heavy atom. The minimum Gasteiger partial charge on any atom is -0.466 e. The molecule has 0 fully saturated rings. The third-order valence-electron chi connectivity index (χ3n) is 5.71. The molecule has 2 heterocycles. The van der Waals surface area contributed by atoms with E-state index in [0.29, 0.717) is 38.5 Å². The van der Waals surface area contributed by atoms with Gasteiger partial charge in [0.05, 0.1) is 31.9 Å². The van der Waals surface area contributed by atoms with Gasteiger partial charge in [-0.2, -0.15) is 0 Å². The van der Waals surface area contributed by atoms with Crippen molar-refractivity contribution >= 4 is 16.9 Å². The van der Waals surface area contributed by atoms with Gasteiger partial charge in [-0.1, -0.05) is 26.8 Å². The van der Waals surface area contributed by atoms with Crippen LogP contribution in [0.15, 0.2) is 6.07 Å². The molecule has 0 aliphatic carbocycles. The first kappa shape index (κ1) is 20.9. The Hall–Kier alpha value is -1.85. The molecule has 0 saturated carbocycles. The number of ether oxygens (including phenoxy) is 2. The van der Waals surface area contributed by atoms with Gasteiger partial charge in [-0.25, -0.2) is 0 Å². The van der Waals surface area contributed by atoms with Crippen molar-refractivity contribution in [2.24, 2.45) is 0 Å². The molecule has 1 aromatic carbocycles. The number of carbonyl (C=O) groups is 1. The zero-order valence-electron chi connectivity index (χ0n) is 17.6. The number of nitrogens with zero attached hydrogens (tertiary/aromatic N) is 1. The van der Waals surface area contributed by atoms with Crippen molar-refractivity contribution in [1.29, 1.82) is 0 Å². The quantitative estimate of drug-likeness (QED) is 0.698. The highest BCUT2D eigenvalue weighted by Crippen LogP contribution is 2.39. The minimum atomic E-state index is -0.135. The fourth-order valence-corrected chi connectivity index (χ4v) is 4.51. The van der Waals surface area contributed by atoms with Crippen LogP contribution in [-0.4, -0.2) is 35.5 Å². The fraction of sp³-hybridized carbons (Fsp3) is 0.609. The van der Waals surface area contributed by atoms with Crippen LogP contribution < -0.4 is 0 Å². The number of hydrogen-bond acceptors (Lipinski definition) is 4. The van der Waals surface area contributed by atoms with Crippen molar-refractivity contribution in [2.75, 3.05) is 19.8 Å². The summed E-state index contributed by atoms with van der Waals surface area (Å²) >= 11 is 0. The maximum Gasteiger partial charge on any atom is 0.306 e. The lowest BCUT2D eigenvalue weighted by Gasteiger charge is -2.18. The van der Waals surface area contributed by atoms with E-state index in [2.05, 4.69) is 31.4 Å². The Morgan fingerprint density at radius 3 is 2.79 bits per heavy atom. The average molecular weight is 388 g/mol. The number of aryl methyl sites for hydroxylation is 2. The average Bonchev–Trinajstić information content (AvgIpc) is 3.00. The lowest BCUT2D eigenvalue weighted by atomic mass is 9.88. The summed E-state index contributed by atoms with van der Waals surface area (Å²) < 4.78 is 13.2. The van der Waals surface area contributed by atoms with E-state index in [0.717, 1.165) is 19.4 Å². The van der Waals surface area contributed by atoms with Crippen LogP contribution in [0.25, 0.3) is 10.9 Å². The van der Waals surface area contributed by atoms with Gasteiger partial charge in [0.1, 0.15) is 0 Å². The third-order valence-corrected chi connectivity index (χ3v) is 5.71. The molecule has 1 aromatic heterocycles. The van der Waals surface area contributed by atoms with Crippen LogP contribution in [-0.2, 0) is 46.7 Å². The van der Waals surface area contributed by atoms with Crippen molar-refractivity contribution in [3.8, 4) is 0 Å². The van der Waals surface area contributed by atoms with Crippen LogP contribution in [0.5, 0.6) is 0 Å². The molecule has 3 rings (SSSR count). The van der Waals surface area contributed by atoms with Gasteiger partial charge in [0.25, 0.3) is 0 Å². The van der Waals surface area contributed by atoms with Gasteiger partial charge >= 0.3 is 5.97 Å². The van der Waals surface area contributed by atoms with E-state index in [1.165, 1.54) is 38.9 Å². The lowest BCUT2D eigenvalue weighted by molar-refractivity contribution is -0.143. The van der Waals surface area contributed by atoms with Crippen LogP contribution in [0.1, 0.15) is 68.0 Å². The molecule has 0 spiro atoms. The first-order valence-electron chi connectivity index (χ1n) is 10.6. The first-order valence-corrected chi connectivity index (χ1v) is 10.6.